The lowest BCUT2D eigenvalue weighted by molar-refractivity contribution is 0.0949. The molecule has 2 N–H and O–H groups in total. The summed E-state index contributed by atoms with van der Waals surface area (Å²) in [6, 6.07) is 17.0. The van der Waals surface area contributed by atoms with Crippen LogP contribution in [0.25, 0.3) is 11.5 Å². The average molecular weight is 350 g/mol. The zero-order chi connectivity index (χ0) is 18.4. The molecule has 0 aliphatic heterocycles. The van der Waals surface area contributed by atoms with E-state index >= 15 is 0 Å². The molecule has 26 heavy (non-hydrogen) atoms. The molecule has 3 aromatic rings. The van der Waals surface area contributed by atoms with E-state index in [1.165, 1.54) is 0 Å². The molecule has 3 rings (SSSR count). The highest BCUT2D eigenvalue weighted by atomic mass is 16.4. The maximum atomic E-state index is 12.4. The minimum absolute atomic E-state index is 0.0997. The number of nitrogens with one attached hydrogen (secondary N) is 2. The number of hydrogen-bond acceptors (Lipinski definition) is 5. The summed E-state index contributed by atoms with van der Waals surface area (Å²) in [5.41, 5.74) is 2.20. The first-order valence-electron chi connectivity index (χ1n) is 8.62. The van der Waals surface area contributed by atoms with Crippen LogP contribution in [-0.4, -0.2) is 22.6 Å². The maximum absolute atomic E-state index is 12.4. The molecule has 1 heterocycles. The quantitative estimate of drug-likeness (QED) is 0.678. The number of carbonyl (C=O) groups is 1. The summed E-state index contributed by atoms with van der Waals surface area (Å²) in [4.78, 5) is 12.4. The third-order valence-corrected chi connectivity index (χ3v) is 3.76. The van der Waals surface area contributed by atoms with Gasteiger partial charge in [-0.3, -0.25) is 4.79 Å². The van der Waals surface area contributed by atoms with Gasteiger partial charge in [-0.15, -0.1) is 10.2 Å². The van der Waals surface area contributed by atoms with Crippen LogP contribution in [0.1, 0.15) is 30.1 Å². The van der Waals surface area contributed by atoms with E-state index < -0.39 is 0 Å². The molecule has 0 unspecified atom stereocenters. The molecule has 2 aromatic carbocycles. The number of hydrogen-bond donors (Lipinski definition) is 2. The third-order valence-electron chi connectivity index (χ3n) is 3.76. The van der Waals surface area contributed by atoms with E-state index in [0.717, 1.165) is 11.3 Å². The normalized spacial score (nSPS) is 10.7. The summed E-state index contributed by atoms with van der Waals surface area (Å²) < 4.78 is 5.69. The van der Waals surface area contributed by atoms with Crippen molar-refractivity contribution in [3.63, 3.8) is 0 Å². The zero-order valence-corrected chi connectivity index (χ0v) is 14.9. The van der Waals surface area contributed by atoms with Gasteiger partial charge >= 0.3 is 0 Å². The van der Waals surface area contributed by atoms with Crippen LogP contribution in [0.4, 0.5) is 5.69 Å². The summed E-state index contributed by atoms with van der Waals surface area (Å²) >= 11 is 0. The van der Waals surface area contributed by atoms with E-state index in [9.17, 15) is 4.79 Å². The average Bonchev–Trinajstić information content (AvgIpc) is 3.14. The van der Waals surface area contributed by atoms with E-state index in [4.69, 9.17) is 4.42 Å². The van der Waals surface area contributed by atoms with Gasteiger partial charge in [-0.2, -0.15) is 0 Å². The Morgan fingerprint density at radius 1 is 1.04 bits per heavy atom. The number of aromatic nitrogens is 2. The lowest BCUT2D eigenvalue weighted by Crippen LogP contribution is -2.28. The number of anilines is 1. The number of nitrogens with zero attached hydrogens (tertiary/aromatic N) is 2. The van der Waals surface area contributed by atoms with Gasteiger partial charge in [0.1, 0.15) is 0 Å². The molecule has 0 atom stereocenters. The topological polar surface area (TPSA) is 80.0 Å². The lowest BCUT2D eigenvalue weighted by atomic mass is 10.1. The summed E-state index contributed by atoms with van der Waals surface area (Å²) in [7, 11) is 0. The van der Waals surface area contributed by atoms with E-state index in [1.54, 1.807) is 6.07 Å². The van der Waals surface area contributed by atoms with Crippen molar-refractivity contribution in [1.29, 1.82) is 0 Å². The van der Waals surface area contributed by atoms with Crippen molar-refractivity contribution in [2.45, 2.75) is 20.4 Å². The van der Waals surface area contributed by atoms with Crippen molar-refractivity contribution in [2.75, 3.05) is 11.9 Å². The van der Waals surface area contributed by atoms with Gasteiger partial charge in [-0.05, 0) is 30.2 Å². The van der Waals surface area contributed by atoms with Crippen LogP contribution in [0.5, 0.6) is 0 Å². The van der Waals surface area contributed by atoms with Crippen LogP contribution in [-0.2, 0) is 6.54 Å². The number of benzene rings is 2. The van der Waals surface area contributed by atoms with Crippen molar-refractivity contribution in [3.8, 4) is 11.5 Å². The molecule has 0 radical (unpaired) electrons. The molecule has 6 heteroatoms. The molecular formula is C20H22N4O2. The van der Waals surface area contributed by atoms with Crippen molar-refractivity contribution in [2.24, 2.45) is 5.92 Å². The molecule has 0 bridgehead atoms. The molecule has 0 saturated carbocycles. The molecule has 6 nitrogen and oxygen atoms in total. The molecule has 134 valence electrons. The SMILES string of the molecule is CC(C)CNC(=O)c1ccccc1NCc1nnc(-c2ccccc2)o1. The standard InChI is InChI=1S/C20H22N4O2/c1-14(2)12-22-19(25)16-10-6-7-11-17(16)21-13-18-23-24-20(26-18)15-8-4-3-5-9-15/h3-11,14,21H,12-13H2,1-2H3,(H,22,25). The Labute approximate surface area is 152 Å². The van der Waals surface area contributed by atoms with Crippen LogP contribution < -0.4 is 10.6 Å². The van der Waals surface area contributed by atoms with Crippen molar-refractivity contribution >= 4 is 11.6 Å². The molecule has 0 fully saturated rings. The minimum Gasteiger partial charge on any atom is -0.419 e. The molecule has 0 aliphatic carbocycles. The van der Waals surface area contributed by atoms with Crippen LogP contribution in [0.2, 0.25) is 0 Å². The van der Waals surface area contributed by atoms with Gasteiger partial charge in [0, 0.05) is 17.8 Å². The third kappa shape index (κ3) is 4.47. The van der Waals surface area contributed by atoms with Gasteiger partial charge < -0.3 is 15.1 Å². The smallest absolute Gasteiger partial charge is 0.253 e. The van der Waals surface area contributed by atoms with E-state index in [1.807, 2.05) is 48.5 Å². The number of carbonyl (C=O) groups excluding carboxylic acids is 1. The highest BCUT2D eigenvalue weighted by Crippen LogP contribution is 2.19. The van der Waals surface area contributed by atoms with E-state index in [0.29, 0.717) is 36.4 Å². The van der Waals surface area contributed by atoms with Gasteiger partial charge in [0.25, 0.3) is 5.91 Å². The van der Waals surface area contributed by atoms with Gasteiger partial charge in [0.2, 0.25) is 11.8 Å². The first-order chi connectivity index (χ1) is 12.6. The fourth-order valence-electron chi connectivity index (χ4n) is 2.42. The molecule has 1 aromatic heterocycles. The largest absolute Gasteiger partial charge is 0.419 e. The highest BCUT2D eigenvalue weighted by molar-refractivity contribution is 5.99. The first kappa shape index (κ1) is 17.7. The first-order valence-corrected chi connectivity index (χ1v) is 8.62. The predicted octanol–water partition coefficient (Wildman–Crippen LogP) is 3.73. The van der Waals surface area contributed by atoms with Crippen LogP contribution >= 0.6 is 0 Å². The summed E-state index contributed by atoms with van der Waals surface area (Å²) in [6.45, 7) is 5.10. The maximum Gasteiger partial charge on any atom is 0.253 e. The zero-order valence-electron chi connectivity index (χ0n) is 14.9. The molecular weight excluding hydrogens is 328 g/mol. The minimum atomic E-state index is -0.0997. The fourth-order valence-corrected chi connectivity index (χ4v) is 2.42. The Balaban J connectivity index is 1.67. The summed E-state index contributed by atoms with van der Waals surface area (Å²) in [5, 5.41) is 14.3. The van der Waals surface area contributed by atoms with Gasteiger partial charge in [0.15, 0.2) is 0 Å². The Hall–Kier alpha value is -3.15. The predicted molar refractivity (Wildman–Crippen MR) is 101 cm³/mol. The molecule has 0 spiro atoms. The second kappa shape index (κ2) is 8.29. The lowest BCUT2D eigenvalue weighted by Gasteiger charge is -2.12. The number of amides is 1. The highest BCUT2D eigenvalue weighted by Gasteiger charge is 2.13. The van der Waals surface area contributed by atoms with E-state index in [2.05, 4.69) is 34.7 Å². The Morgan fingerprint density at radius 2 is 1.77 bits per heavy atom. The Bertz CT molecular complexity index is 859. The van der Waals surface area contributed by atoms with Crippen LogP contribution in [0.15, 0.2) is 59.0 Å². The summed E-state index contributed by atoms with van der Waals surface area (Å²) in [6.07, 6.45) is 0. The van der Waals surface area contributed by atoms with Crippen molar-refractivity contribution < 1.29 is 9.21 Å². The fraction of sp³-hybridized carbons (Fsp3) is 0.250. The molecule has 0 saturated heterocycles. The van der Waals surface area contributed by atoms with Crippen LogP contribution in [0.3, 0.4) is 0 Å². The van der Waals surface area contributed by atoms with Gasteiger partial charge in [-0.25, -0.2) is 0 Å². The Kier molecular flexibility index (Phi) is 5.63. The van der Waals surface area contributed by atoms with Gasteiger partial charge in [0.05, 0.1) is 12.1 Å². The Morgan fingerprint density at radius 3 is 2.54 bits per heavy atom. The number of rotatable bonds is 7. The second-order valence-corrected chi connectivity index (χ2v) is 6.37. The van der Waals surface area contributed by atoms with Crippen LogP contribution in [0, 0.1) is 5.92 Å². The second-order valence-electron chi connectivity index (χ2n) is 6.37. The van der Waals surface area contributed by atoms with Crippen molar-refractivity contribution in [1.82, 2.24) is 15.5 Å². The molecule has 0 aliphatic rings. The van der Waals surface area contributed by atoms with Crippen molar-refractivity contribution in [3.05, 3.63) is 66.1 Å². The molecule has 1 amide bonds. The number of para-hydroxylation sites is 1. The van der Waals surface area contributed by atoms with E-state index in [-0.39, 0.29) is 5.91 Å². The van der Waals surface area contributed by atoms with Gasteiger partial charge in [-0.1, -0.05) is 44.2 Å². The monoisotopic (exact) mass is 350 g/mol. The summed E-state index contributed by atoms with van der Waals surface area (Å²) in [5.74, 6) is 1.23.